The highest BCUT2D eigenvalue weighted by Gasteiger charge is 2.10. The van der Waals surface area contributed by atoms with E-state index < -0.39 is 8.18 Å². The second-order valence-electron chi connectivity index (χ2n) is 3.24. The Bertz CT molecular complexity index is 408. The molecule has 0 radical (unpaired) electrons. The number of allylic oxidation sites excluding steroid dienone is 1. The Morgan fingerprint density at radius 3 is 2.76 bits per heavy atom. The molecule has 0 saturated heterocycles. The SMILES string of the molecule is CO[P+](=O)NC=C(C)SCc1ccc(Cl)cc1. The Hall–Kier alpha value is -0.540. The van der Waals surface area contributed by atoms with Gasteiger partial charge in [0.2, 0.25) is 0 Å². The van der Waals surface area contributed by atoms with Gasteiger partial charge in [-0.3, -0.25) is 0 Å². The van der Waals surface area contributed by atoms with E-state index in [9.17, 15) is 4.57 Å². The molecule has 0 amide bonds. The molecule has 1 N–H and O–H groups in total. The average molecular weight is 291 g/mol. The monoisotopic (exact) mass is 290 g/mol. The van der Waals surface area contributed by atoms with Gasteiger partial charge in [0, 0.05) is 15.7 Å². The van der Waals surface area contributed by atoms with E-state index in [1.807, 2.05) is 31.2 Å². The molecule has 1 rings (SSSR count). The lowest BCUT2D eigenvalue weighted by molar-refractivity contribution is 0.410. The van der Waals surface area contributed by atoms with Crippen molar-refractivity contribution >= 4 is 31.5 Å². The molecule has 92 valence electrons. The number of nitrogens with one attached hydrogen (secondary N) is 1. The Kier molecular flexibility index (Phi) is 6.60. The summed E-state index contributed by atoms with van der Waals surface area (Å²) in [7, 11) is -0.389. The lowest BCUT2D eigenvalue weighted by atomic mass is 10.2. The van der Waals surface area contributed by atoms with Gasteiger partial charge >= 0.3 is 8.18 Å². The predicted molar refractivity (Wildman–Crippen MR) is 74.3 cm³/mol. The van der Waals surface area contributed by atoms with Crippen LogP contribution in [0.2, 0.25) is 5.02 Å². The molecular weight excluding hydrogens is 277 g/mol. The van der Waals surface area contributed by atoms with Gasteiger partial charge in [0.1, 0.15) is 0 Å². The highest BCUT2D eigenvalue weighted by atomic mass is 35.5. The van der Waals surface area contributed by atoms with Crippen molar-refractivity contribution in [3.63, 3.8) is 0 Å². The fourth-order valence-electron chi connectivity index (χ4n) is 1.02. The van der Waals surface area contributed by atoms with Crippen LogP contribution in [0.5, 0.6) is 0 Å². The molecule has 0 bridgehead atoms. The first kappa shape index (κ1) is 14.5. The maximum Gasteiger partial charge on any atom is 0.642 e. The maximum absolute atomic E-state index is 11.0. The second kappa shape index (κ2) is 7.72. The first-order chi connectivity index (χ1) is 8.11. The highest BCUT2D eigenvalue weighted by molar-refractivity contribution is 8.02. The summed E-state index contributed by atoms with van der Waals surface area (Å²) in [6.45, 7) is 1.95. The highest BCUT2D eigenvalue weighted by Crippen LogP contribution is 2.22. The van der Waals surface area contributed by atoms with Gasteiger partial charge in [0.25, 0.3) is 0 Å². The number of hydrogen-bond donors (Lipinski definition) is 1. The van der Waals surface area contributed by atoms with E-state index in [0.717, 1.165) is 15.7 Å². The molecule has 1 atom stereocenters. The average Bonchev–Trinajstić information content (AvgIpc) is 2.35. The van der Waals surface area contributed by atoms with Gasteiger partial charge in [0.15, 0.2) is 0 Å². The molecule has 1 aromatic rings. The van der Waals surface area contributed by atoms with Crippen LogP contribution in [0.4, 0.5) is 0 Å². The zero-order valence-electron chi connectivity index (χ0n) is 9.64. The van der Waals surface area contributed by atoms with E-state index in [0.29, 0.717) is 0 Å². The van der Waals surface area contributed by atoms with Crippen molar-refractivity contribution in [3.05, 3.63) is 46.0 Å². The summed E-state index contributed by atoms with van der Waals surface area (Å²) in [5.74, 6) is 0.852. The molecule has 0 saturated carbocycles. The van der Waals surface area contributed by atoms with Gasteiger partial charge in [-0.05, 0) is 29.2 Å². The number of hydrogen-bond acceptors (Lipinski definition) is 3. The van der Waals surface area contributed by atoms with Crippen molar-refractivity contribution in [1.29, 1.82) is 0 Å². The molecule has 3 nitrogen and oxygen atoms in total. The summed E-state index contributed by atoms with van der Waals surface area (Å²) in [6.07, 6.45) is 1.70. The van der Waals surface area contributed by atoms with Crippen molar-refractivity contribution in [1.82, 2.24) is 5.09 Å². The van der Waals surface area contributed by atoms with Crippen LogP contribution in [0.15, 0.2) is 35.4 Å². The van der Waals surface area contributed by atoms with E-state index >= 15 is 0 Å². The van der Waals surface area contributed by atoms with Gasteiger partial charge in [-0.1, -0.05) is 23.7 Å². The molecule has 1 aromatic carbocycles. The van der Waals surface area contributed by atoms with Crippen LogP contribution in [0.25, 0.3) is 0 Å². The summed E-state index contributed by atoms with van der Waals surface area (Å²) in [4.78, 5) is 1.04. The van der Waals surface area contributed by atoms with Gasteiger partial charge in [-0.25, -0.2) is 0 Å². The summed E-state index contributed by atoms with van der Waals surface area (Å²) in [6, 6.07) is 7.73. The van der Waals surface area contributed by atoms with Crippen LogP contribution in [0.1, 0.15) is 12.5 Å². The van der Waals surface area contributed by atoms with Crippen LogP contribution >= 0.6 is 31.5 Å². The molecule has 17 heavy (non-hydrogen) atoms. The summed E-state index contributed by atoms with van der Waals surface area (Å²) >= 11 is 7.46. The normalized spacial score (nSPS) is 12.4. The Morgan fingerprint density at radius 1 is 1.53 bits per heavy atom. The minimum atomic E-state index is -1.79. The minimum absolute atomic E-state index is 0.741. The molecule has 0 aliphatic heterocycles. The molecule has 0 aliphatic carbocycles. The zero-order chi connectivity index (χ0) is 12.7. The summed E-state index contributed by atoms with van der Waals surface area (Å²) in [5.41, 5.74) is 1.20. The summed E-state index contributed by atoms with van der Waals surface area (Å²) in [5, 5.41) is 3.40. The summed E-state index contributed by atoms with van der Waals surface area (Å²) < 4.78 is 15.6. The van der Waals surface area contributed by atoms with Gasteiger partial charge in [-0.15, -0.1) is 16.3 Å². The van der Waals surface area contributed by atoms with E-state index in [-0.39, 0.29) is 0 Å². The fourth-order valence-corrected chi connectivity index (χ4v) is 2.36. The maximum atomic E-state index is 11.0. The van der Waals surface area contributed by atoms with E-state index in [2.05, 4.69) is 9.61 Å². The molecular formula is C11H14ClNO2PS+. The second-order valence-corrected chi connectivity index (χ2v) is 6.03. The quantitative estimate of drug-likeness (QED) is 0.792. The first-order valence-corrected chi connectivity index (χ1v) is 7.47. The predicted octanol–water partition coefficient (Wildman–Crippen LogP) is 4.33. The van der Waals surface area contributed by atoms with Gasteiger partial charge < -0.3 is 0 Å². The van der Waals surface area contributed by atoms with Gasteiger partial charge in [0.05, 0.1) is 13.3 Å². The van der Waals surface area contributed by atoms with Crippen molar-refractivity contribution in [3.8, 4) is 0 Å². The van der Waals surface area contributed by atoms with E-state index in [1.165, 1.54) is 12.7 Å². The standard InChI is InChI=1S/C11H14ClNO2PS/c1-9(7-13-16(14)15-2)17-8-10-3-5-11(12)6-4-10/h3-7H,8H2,1-2H3,(H,13,14)/q+1. The number of thioether (sulfide) groups is 1. The molecule has 0 spiro atoms. The number of rotatable bonds is 6. The van der Waals surface area contributed by atoms with Crippen molar-refractivity contribution in [2.75, 3.05) is 7.11 Å². The number of benzene rings is 1. The van der Waals surface area contributed by atoms with Crippen molar-refractivity contribution in [2.45, 2.75) is 12.7 Å². The molecule has 6 heteroatoms. The van der Waals surface area contributed by atoms with E-state index in [1.54, 1.807) is 18.0 Å². The number of halogens is 1. The van der Waals surface area contributed by atoms with Crippen LogP contribution < -0.4 is 5.09 Å². The lowest BCUT2D eigenvalue weighted by Crippen LogP contribution is -1.92. The van der Waals surface area contributed by atoms with Gasteiger partial charge in [-0.2, -0.15) is 5.09 Å². The minimum Gasteiger partial charge on any atom is -0.157 e. The molecule has 0 aliphatic rings. The van der Waals surface area contributed by atoms with Crippen molar-refractivity contribution < 1.29 is 9.09 Å². The van der Waals surface area contributed by atoms with Crippen LogP contribution in [-0.2, 0) is 14.8 Å². The Labute approximate surface area is 112 Å². The third-order valence-corrected chi connectivity index (χ3v) is 3.89. The molecule has 0 aromatic heterocycles. The third kappa shape index (κ3) is 6.08. The Balaban J connectivity index is 2.39. The lowest BCUT2D eigenvalue weighted by Gasteiger charge is -2.01. The molecule has 0 heterocycles. The molecule has 0 fully saturated rings. The van der Waals surface area contributed by atoms with Crippen molar-refractivity contribution in [2.24, 2.45) is 0 Å². The topological polar surface area (TPSA) is 38.3 Å². The van der Waals surface area contributed by atoms with Crippen LogP contribution in [0.3, 0.4) is 0 Å². The first-order valence-electron chi connectivity index (χ1n) is 4.93. The third-order valence-electron chi connectivity index (χ3n) is 1.92. The van der Waals surface area contributed by atoms with E-state index in [4.69, 9.17) is 11.6 Å². The fraction of sp³-hybridized carbons (Fsp3) is 0.273. The molecule has 1 unspecified atom stereocenters. The largest absolute Gasteiger partial charge is 0.642 e. The Morgan fingerprint density at radius 2 is 2.18 bits per heavy atom. The zero-order valence-corrected chi connectivity index (χ0v) is 12.1. The smallest absolute Gasteiger partial charge is 0.157 e. The van der Waals surface area contributed by atoms with Crippen LogP contribution in [-0.4, -0.2) is 7.11 Å². The van der Waals surface area contributed by atoms with Crippen LogP contribution in [0, 0.1) is 0 Å².